The van der Waals surface area contributed by atoms with E-state index < -0.39 is 17.8 Å². The number of rotatable bonds is 3. The molecule has 102 valence electrons. The minimum Gasteiger partial charge on any atom is -0.481 e. The fourth-order valence-electron chi connectivity index (χ4n) is 2.51. The Labute approximate surface area is 116 Å². The zero-order valence-corrected chi connectivity index (χ0v) is 11.2. The number of nitrogens with one attached hydrogen (secondary N) is 1. The third kappa shape index (κ3) is 3.47. The van der Waals surface area contributed by atoms with Gasteiger partial charge in [0, 0.05) is 10.7 Å². The van der Waals surface area contributed by atoms with Crippen LogP contribution >= 0.6 is 11.6 Å². The van der Waals surface area contributed by atoms with Crippen LogP contribution in [0.5, 0.6) is 0 Å². The minimum atomic E-state index is -0.879. The monoisotopic (exact) mass is 281 g/mol. The predicted octanol–water partition coefficient (Wildman–Crippen LogP) is 3.17. The largest absolute Gasteiger partial charge is 0.481 e. The van der Waals surface area contributed by atoms with Gasteiger partial charge in [-0.1, -0.05) is 24.4 Å². The Morgan fingerprint density at radius 1 is 1.11 bits per heavy atom. The SMILES string of the molecule is O=C(O)[C@@H]1CCCC[C@H]1C(=O)Nc1ccc(Cl)cc1. The lowest BCUT2D eigenvalue weighted by atomic mass is 9.78. The van der Waals surface area contributed by atoms with E-state index in [1.807, 2.05) is 0 Å². The van der Waals surface area contributed by atoms with Crippen molar-refractivity contribution in [1.29, 1.82) is 0 Å². The molecule has 0 spiro atoms. The summed E-state index contributed by atoms with van der Waals surface area (Å²) in [5.74, 6) is -2.10. The van der Waals surface area contributed by atoms with Gasteiger partial charge in [-0.15, -0.1) is 0 Å². The van der Waals surface area contributed by atoms with Crippen LogP contribution < -0.4 is 5.32 Å². The zero-order valence-electron chi connectivity index (χ0n) is 10.4. The molecule has 2 rings (SSSR count). The summed E-state index contributed by atoms with van der Waals surface area (Å²) in [4.78, 5) is 23.3. The first kappa shape index (κ1) is 13.9. The molecular weight excluding hydrogens is 266 g/mol. The van der Waals surface area contributed by atoms with Crippen molar-refractivity contribution >= 4 is 29.2 Å². The molecule has 4 nitrogen and oxygen atoms in total. The Morgan fingerprint density at radius 2 is 1.68 bits per heavy atom. The summed E-state index contributed by atoms with van der Waals surface area (Å²) in [6, 6.07) is 6.79. The van der Waals surface area contributed by atoms with E-state index in [2.05, 4.69) is 5.32 Å². The first-order valence-electron chi connectivity index (χ1n) is 6.37. The minimum absolute atomic E-state index is 0.213. The number of benzene rings is 1. The number of halogens is 1. The van der Waals surface area contributed by atoms with E-state index in [0.717, 1.165) is 12.8 Å². The number of hydrogen-bond acceptors (Lipinski definition) is 2. The molecule has 1 fully saturated rings. The van der Waals surface area contributed by atoms with Crippen LogP contribution in [0.2, 0.25) is 5.02 Å². The molecule has 1 aliphatic carbocycles. The third-order valence-electron chi connectivity index (χ3n) is 3.53. The Balaban J connectivity index is 2.05. The molecule has 0 radical (unpaired) electrons. The van der Waals surface area contributed by atoms with Crippen LogP contribution in [0, 0.1) is 11.8 Å². The summed E-state index contributed by atoms with van der Waals surface area (Å²) < 4.78 is 0. The first-order valence-corrected chi connectivity index (χ1v) is 6.75. The van der Waals surface area contributed by atoms with Crippen LogP contribution in [0.1, 0.15) is 25.7 Å². The third-order valence-corrected chi connectivity index (χ3v) is 3.78. The maximum absolute atomic E-state index is 12.2. The molecule has 1 aliphatic rings. The van der Waals surface area contributed by atoms with E-state index in [9.17, 15) is 9.59 Å². The molecule has 2 N–H and O–H groups in total. The van der Waals surface area contributed by atoms with Crippen LogP contribution in [0.4, 0.5) is 5.69 Å². The highest BCUT2D eigenvalue weighted by atomic mass is 35.5. The molecule has 0 unspecified atom stereocenters. The number of anilines is 1. The number of carbonyl (C=O) groups excluding carboxylic acids is 1. The van der Waals surface area contributed by atoms with Crippen LogP contribution in [0.15, 0.2) is 24.3 Å². The van der Waals surface area contributed by atoms with E-state index >= 15 is 0 Å². The van der Waals surface area contributed by atoms with Gasteiger partial charge in [-0.2, -0.15) is 0 Å². The predicted molar refractivity (Wildman–Crippen MR) is 73.2 cm³/mol. The molecule has 0 saturated heterocycles. The molecule has 5 heteroatoms. The number of aliphatic carboxylic acids is 1. The summed E-state index contributed by atoms with van der Waals surface area (Å²) in [6.45, 7) is 0. The summed E-state index contributed by atoms with van der Waals surface area (Å²) in [7, 11) is 0. The fraction of sp³-hybridized carbons (Fsp3) is 0.429. The molecule has 1 amide bonds. The molecule has 19 heavy (non-hydrogen) atoms. The van der Waals surface area contributed by atoms with Crippen molar-refractivity contribution in [2.24, 2.45) is 11.8 Å². The molecule has 0 aromatic heterocycles. The lowest BCUT2D eigenvalue weighted by molar-refractivity contribution is -0.147. The highest BCUT2D eigenvalue weighted by Gasteiger charge is 2.35. The summed E-state index contributed by atoms with van der Waals surface area (Å²) in [6.07, 6.45) is 2.99. The quantitative estimate of drug-likeness (QED) is 0.894. The van der Waals surface area contributed by atoms with Crippen LogP contribution in [-0.2, 0) is 9.59 Å². The topological polar surface area (TPSA) is 66.4 Å². The standard InChI is InChI=1S/C14H16ClNO3/c15-9-5-7-10(8-6-9)16-13(17)11-3-1-2-4-12(11)14(18)19/h5-8,11-12H,1-4H2,(H,16,17)(H,18,19)/t11-,12-/m1/s1. The second-order valence-corrected chi connectivity index (χ2v) is 5.27. The normalized spacial score (nSPS) is 22.8. The molecule has 1 aromatic carbocycles. The van der Waals surface area contributed by atoms with Crippen LogP contribution in [0.3, 0.4) is 0 Å². The molecule has 1 aromatic rings. The van der Waals surface area contributed by atoms with E-state index in [4.69, 9.17) is 16.7 Å². The second kappa shape index (κ2) is 6.06. The van der Waals surface area contributed by atoms with Crippen molar-refractivity contribution < 1.29 is 14.7 Å². The Bertz CT molecular complexity index is 472. The van der Waals surface area contributed by atoms with E-state index in [1.165, 1.54) is 0 Å². The van der Waals surface area contributed by atoms with E-state index in [0.29, 0.717) is 23.6 Å². The lowest BCUT2D eigenvalue weighted by Crippen LogP contribution is -2.36. The zero-order chi connectivity index (χ0) is 13.8. The van der Waals surface area contributed by atoms with E-state index in [-0.39, 0.29) is 5.91 Å². The molecule has 1 saturated carbocycles. The van der Waals surface area contributed by atoms with Crippen molar-refractivity contribution in [3.63, 3.8) is 0 Å². The van der Waals surface area contributed by atoms with Crippen molar-refractivity contribution in [1.82, 2.24) is 0 Å². The number of carboxylic acid groups (broad SMARTS) is 1. The van der Waals surface area contributed by atoms with Crippen molar-refractivity contribution in [3.05, 3.63) is 29.3 Å². The van der Waals surface area contributed by atoms with Gasteiger partial charge in [0.25, 0.3) is 0 Å². The second-order valence-electron chi connectivity index (χ2n) is 4.83. The van der Waals surface area contributed by atoms with Crippen molar-refractivity contribution in [3.8, 4) is 0 Å². The van der Waals surface area contributed by atoms with Gasteiger partial charge in [0.15, 0.2) is 0 Å². The van der Waals surface area contributed by atoms with Crippen LogP contribution in [-0.4, -0.2) is 17.0 Å². The average molecular weight is 282 g/mol. The van der Waals surface area contributed by atoms with Gasteiger partial charge >= 0.3 is 5.97 Å². The summed E-state index contributed by atoms with van der Waals surface area (Å²) in [5.41, 5.74) is 0.643. The van der Waals surface area contributed by atoms with Gasteiger partial charge in [0.2, 0.25) is 5.91 Å². The molecule has 0 aliphatic heterocycles. The highest BCUT2D eigenvalue weighted by Crippen LogP contribution is 2.31. The summed E-state index contributed by atoms with van der Waals surface area (Å²) in [5, 5.41) is 12.5. The Kier molecular flexibility index (Phi) is 4.43. The maximum atomic E-state index is 12.2. The molecule has 0 heterocycles. The summed E-state index contributed by atoms with van der Waals surface area (Å²) >= 11 is 5.77. The highest BCUT2D eigenvalue weighted by molar-refractivity contribution is 6.30. The first-order chi connectivity index (χ1) is 9.08. The molecule has 0 bridgehead atoms. The van der Waals surface area contributed by atoms with Gasteiger partial charge in [-0.25, -0.2) is 0 Å². The number of amides is 1. The fourth-order valence-corrected chi connectivity index (χ4v) is 2.63. The van der Waals surface area contributed by atoms with Gasteiger partial charge in [-0.3, -0.25) is 9.59 Å². The molecular formula is C14H16ClNO3. The number of carbonyl (C=O) groups is 2. The van der Waals surface area contributed by atoms with Crippen LogP contribution in [0.25, 0.3) is 0 Å². The lowest BCUT2D eigenvalue weighted by Gasteiger charge is -2.27. The van der Waals surface area contributed by atoms with Gasteiger partial charge in [0.05, 0.1) is 11.8 Å². The Morgan fingerprint density at radius 3 is 2.26 bits per heavy atom. The average Bonchev–Trinajstić information content (AvgIpc) is 2.41. The van der Waals surface area contributed by atoms with Gasteiger partial charge < -0.3 is 10.4 Å². The van der Waals surface area contributed by atoms with Gasteiger partial charge in [-0.05, 0) is 37.1 Å². The van der Waals surface area contributed by atoms with E-state index in [1.54, 1.807) is 24.3 Å². The number of hydrogen-bond donors (Lipinski definition) is 2. The van der Waals surface area contributed by atoms with Crippen molar-refractivity contribution in [2.75, 3.05) is 5.32 Å². The van der Waals surface area contributed by atoms with Gasteiger partial charge in [0.1, 0.15) is 0 Å². The molecule has 2 atom stereocenters. The number of carboxylic acids is 1. The van der Waals surface area contributed by atoms with Crippen molar-refractivity contribution in [2.45, 2.75) is 25.7 Å². The Hall–Kier alpha value is -1.55. The maximum Gasteiger partial charge on any atom is 0.307 e. The smallest absolute Gasteiger partial charge is 0.307 e.